The molecule has 0 saturated carbocycles. The van der Waals surface area contributed by atoms with Crippen LogP contribution in [0.5, 0.6) is 0 Å². The number of aliphatic hydroxyl groups excluding tert-OH is 3. The zero-order chi connectivity index (χ0) is 15.1. The topological polar surface area (TPSA) is 125 Å². The molecular weight excluding hydrogens is 295 g/mol. The average Bonchev–Trinajstić information content (AvgIpc) is 2.64. The number of aldehydes is 1. The fourth-order valence-electron chi connectivity index (χ4n) is 1.88. The Bertz CT molecular complexity index is 645. The van der Waals surface area contributed by atoms with Crippen LogP contribution in [0.25, 0.3) is 0 Å². The van der Waals surface area contributed by atoms with Gasteiger partial charge in [-0.3, -0.25) is 14.3 Å². The summed E-state index contributed by atoms with van der Waals surface area (Å²) in [6.45, 7) is -1.21. The van der Waals surface area contributed by atoms with Crippen molar-refractivity contribution in [2.24, 2.45) is 0 Å². The van der Waals surface area contributed by atoms with Gasteiger partial charge in [0.2, 0.25) is 0 Å². The Morgan fingerprint density at radius 2 is 2.25 bits per heavy atom. The summed E-state index contributed by atoms with van der Waals surface area (Å²) in [5.74, 6) is -2.91. The van der Waals surface area contributed by atoms with E-state index in [0.717, 1.165) is 6.20 Å². The molecule has 2 heterocycles. The van der Waals surface area contributed by atoms with E-state index in [1.165, 1.54) is 0 Å². The molecule has 0 aliphatic carbocycles. The summed E-state index contributed by atoms with van der Waals surface area (Å²) in [6, 6.07) is 0. The average molecular weight is 306 g/mol. The minimum absolute atomic E-state index is 0.0785. The smallest absolute Gasteiger partial charge is 0.328 e. The molecule has 1 fully saturated rings. The lowest BCUT2D eigenvalue weighted by Gasteiger charge is -2.20. The van der Waals surface area contributed by atoms with Crippen molar-refractivity contribution in [3.05, 3.63) is 26.9 Å². The molecular formula is C10H11FN2O6S. The quantitative estimate of drug-likeness (QED) is 0.401. The van der Waals surface area contributed by atoms with Crippen molar-refractivity contribution in [1.82, 2.24) is 9.55 Å². The number of rotatable bonds is 3. The van der Waals surface area contributed by atoms with Gasteiger partial charge in [0.15, 0.2) is 12.5 Å². The molecule has 4 N–H and O–H groups in total. The van der Waals surface area contributed by atoms with E-state index in [9.17, 15) is 24.2 Å². The number of alkyl halides is 1. The molecule has 0 unspecified atom stereocenters. The van der Waals surface area contributed by atoms with Crippen LogP contribution >= 0.6 is 12.2 Å². The zero-order valence-electron chi connectivity index (χ0n) is 9.89. The SMILES string of the molecule is O=Cc1cn([C@@H]2O[C@](F)(CO)[C@@H](O)[C@H]2O)c(=O)[nH]c1=S. The van der Waals surface area contributed by atoms with Crippen LogP contribution in [0.4, 0.5) is 4.39 Å². The highest BCUT2D eigenvalue weighted by Gasteiger charge is 2.55. The van der Waals surface area contributed by atoms with Crippen molar-refractivity contribution in [3.63, 3.8) is 0 Å². The highest BCUT2D eigenvalue weighted by atomic mass is 32.1. The highest BCUT2D eigenvalue weighted by Crippen LogP contribution is 2.37. The molecule has 0 radical (unpaired) electrons. The number of hydrogen-bond acceptors (Lipinski definition) is 7. The summed E-state index contributed by atoms with van der Waals surface area (Å²) in [4.78, 5) is 24.6. The number of H-pyrrole nitrogens is 1. The Morgan fingerprint density at radius 1 is 1.60 bits per heavy atom. The number of halogens is 1. The van der Waals surface area contributed by atoms with Crippen molar-refractivity contribution in [1.29, 1.82) is 0 Å². The number of aromatic nitrogens is 2. The van der Waals surface area contributed by atoms with E-state index < -0.39 is 36.6 Å². The first-order chi connectivity index (χ1) is 9.34. The lowest BCUT2D eigenvalue weighted by molar-refractivity contribution is -0.207. The van der Waals surface area contributed by atoms with Gasteiger partial charge in [-0.25, -0.2) is 9.18 Å². The van der Waals surface area contributed by atoms with Gasteiger partial charge in [-0.2, -0.15) is 0 Å². The molecule has 8 nitrogen and oxygen atoms in total. The molecule has 4 atom stereocenters. The molecule has 0 bridgehead atoms. The monoisotopic (exact) mass is 306 g/mol. The molecule has 10 heteroatoms. The van der Waals surface area contributed by atoms with Gasteiger partial charge in [-0.1, -0.05) is 12.2 Å². The van der Waals surface area contributed by atoms with Crippen LogP contribution in [0.3, 0.4) is 0 Å². The number of carbonyl (C=O) groups excluding carboxylic acids is 1. The summed E-state index contributed by atoms with van der Waals surface area (Å²) in [5, 5.41) is 28.1. The molecule has 0 amide bonds. The third kappa shape index (κ3) is 2.21. The largest absolute Gasteiger partial charge is 0.390 e. The van der Waals surface area contributed by atoms with E-state index in [1.54, 1.807) is 0 Å². The summed E-state index contributed by atoms with van der Waals surface area (Å²) in [6.07, 6.45) is -4.14. The van der Waals surface area contributed by atoms with Gasteiger partial charge in [0.1, 0.15) is 23.5 Å². The number of nitrogens with zero attached hydrogens (tertiary/aromatic N) is 1. The van der Waals surface area contributed by atoms with E-state index in [1.807, 2.05) is 0 Å². The Morgan fingerprint density at radius 3 is 2.75 bits per heavy atom. The third-order valence-corrected chi connectivity index (χ3v) is 3.32. The summed E-state index contributed by atoms with van der Waals surface area (Å²) >= 11 is 4.73. The van der Waals surface area contributed by atoms with Crippen LogP contribution in [0.15, 0.2) is 11.0 Å². The van der Waals surface area contributed by atoms with Crippen molar-refractivity contribution < 1.29 is 29.2 Å². The Labute approximate surface area is 116 Å². The summed E-state index contributed by atoms with van der Waals surface area (Å²) < 4.78 is 19.2. The van der Waals surface area contributed by atoms with Crippen LogP contribution in [-0.2, 0) is 4.74 Å². The second kappa shape index (κ2) is 5.14. The molecule has 1 aromatic heterocycles. The number of nitrogens with one attached hydrogen (secondary N) is 1. The van der Waals surface area contributed by atoms with E-state index in [-0.39, 0.29) is 10.2 Å². The number of hydrogen-bond donors (Lipinski definition) is 4. The fourth-order valence-corrected chi connectivity index (χ4v) is 2.07. The van der Waals surface area contributed by atoms with Gasteiger partial charge in [-0.05, 0) is 0 Å². The van der Waals surface area contributed by atoms with Crippen LogP contribution < -0.4 is 5.69 Å². The normalized spacial score (nSPS) is 33.3. The highest BCUT2D eigenvalue weighted by molar-refractivity contribution is 7.71. The van der Waals surface area contributed by atoms with Crippen LogP contribution in [0.1, 0.15) is 16.6 Å². The van der Waals surface area contributed by atoms with Gasteiger partial charge < -0.3 is 20.1 Å². The number of aromatic amines is 1. The lowest BCUT2D eigenvalue weighted by Crippen LogP contribution is -2.42. The second-order valence-corrected chi connectivity index (χ2v) is 4.67. The van der Waals surface area contributed by atoms with E-state index in [2.05, 4.69) is 4.98 Å². The van der Waals surface area contributed by atoms with E-state index >= 15 is 0 Å². The summed E-state index contributed by atoms with van der Waals surface area (Å²) in [7, 11) is 0. The molecule has 1 aliphatic heterocycles. The van der Waals surface area contributed by atoms with Crippen molar-refractivity contribution in [2.45, 2.75) is 24.3 Å². The first-order valence-corrected chi connectivity index (χ1v) is 5.89. The van der Waals surface area contributed by atoms with Crippen molar-refractivity contribution >= 4 is 18.5 Å². The molecule has 2 rings (SSSR count). The van der Waals surface area contributed by atoms with Gasteiger partial charge in [0, 0.05) is 6.20 Å². The molecule has 1 aliphatic rings. The molecule has 110 valence electrons. The second-order valence-electron chi connectivity index (χ2n) is 4.26. The maximum Gasteiger partial charge on any atom is 0.328 e. The first-order valence-electron chi connectivity index (χ1n) is 5.48. The Balaban J connectivity index is 2.50. The minimum atomic E-state index is -2.91. The molecule has 1 saturated heterocycles. The van der Waals surface area contributed by atoms with E-state index in [4.69, 9.17) is 22.1 Å². The Kier molecular flexibility index (Phi) is 3.84. The number of carbonyl (C=O) groups is 1. The maximum absolute atomic E-state index is 13.9. The van der Waals surface area contributed by atoms with Gasteiger partial charge >= 0.3 is 5.69 Å². The zero-order valence-corrected chi connectivity index (χ0v) is 10.7. The third-order valence-electron chi connectivity index (χ3n) is 2.99. The molecule has 0 spiro atoms. The predicted octanol–water partition coefficient (Wildman–Crippen LogP) is -1.37. The minimum Gasteiger partial charge on any atom is -0.390 e. The van der Waals surface area contributed by atoms with Gasteiger partial charge in [0.25, 0.3) is 5.85 Å². The van der Waals surface area contributed by atoms with Gasteiger partial charge in [-0.15, -0.1) is 0 Å². The summed E-state index contributed by atoms with van der Waals surface area (Å²) in [5.41, 5.74) is -0.940. The van der Waals surface area contributed by atoms with Crippen molar-refractivity contribution in [3.8, 4) is 0 Å². The Hall–Kier alpha value is -1.46. The standard InChI is InChI=1S/C10H11FN2O6S/c11-10(3-15)6(17)5(16)8(19-10)13-1-4(2-14)7(20)12-9(13)18/h1-2,5-6,8,15-17H,3H2,(H,12,18,20)/t5-,6+,8-,10-/m1/s1. The van der Waals surface area contributed by atoms with Crippen molar-refractivity contribution in [2.75, 3.05) is 6.61 Å². The lowest BCUT2D eigenvalue weighted by atomic mass is 10.1. The molecule has 0 aromatic carbocycles. The number of aliphatic hydroxyl groups is 3. The molecule has 20 heavy (non-hydrogen) atoms. The molecule has 1 aromatic rings. The predicted molar refractivity (Wildman–Crippen MR) is 64.3 cm³/mol. The van der Waals surface area contributed by atoms with Gasteiger partial charge in [0.05, 0.1) is 5.56 Å². The van der Waals surface area contributed by atoms with Crippen LogP contribution in [0.2, 0.25) is 0 Å². The maximum atomic E-state index is 13.9. The fraction of sp³-hybridized carbons (Fsp3) is 0.500. The van der Waals surface area contributed by atoms with Crippen LogP contribution in [-0.4, -0.2) is 55.8 Å². The first kappa shape index (κ1) is 14.9. The van der Waals surface area contributed by atoms with Crippen LogP contribution in [0, 0.1) is 4.64 Å². The van der Waals surface area contributed by atoms with E-state index in [0.29, 0.717) is 10.9 Å². The number of ether oxygens (including phenoxy) is 1.